The summed E-state index contributed by atoms with van der Waals surface area (Å²) in [6, 6.07) is 3.77. The van der Waals surface area contributed by atoms with Crippen molar-refractivity contribution < 1.29 is 41.4 Å². The van der Waals surface area contributed by atoms with E-state index in [0.717, 1.165) is 31.2 Å². The summed E-state index contributed by atoms with van der Waals surface area (Å²) in [4.78, 5) is 34.0. The van der Waals surface area contributed by atoms with E-state index >= 15 is 0 Å². The molecule has 180 valence electrons. The minimum Gasteiger partial charge on any atom is -0.466 e. The van der Waals surface area contributed by atoms with Crippen LogP contribution >= 0.6 is 0 Å². The molecule has 0 aliphatic heterocycles. The van der Waals surface area contributed by atoms with Gasteiger partial charge in [-0.2, -0.15) is 0 Å². The molecule has 0 bridgehead atoms. The summed E-state index contributed by atoms with van der Waals surface area (Å²) in [5.41, 5.74) is 9.10. The number of carbonyl (C=O) groups is 3. The highest BCUT2D eigenvalue weighted by atomic mass is 19.1. The number of carbonyl (C=O) groups excluding carboxylic acids is 3. The van der Waals surface area contributed by atoms with E-state index in [-0.39, 0.29) is 30.8 Å². The Morgan fingerprint density at radius 3 is 1.64 bits per heavy atom. The second-order valence-electron chi connectivity index (χ2n) is 6.65. The molecule has 0 amide bonds. The second kappa shape index (κ2) is 12.4. The molecule has 0 radical (unpaired) electrons. The molecular weight excluding hydrogens is 448 g/mol. The number of ether oxygens (including phenoxy) is 2. The first-order chi connectivity index (χ1) is 15.4. The predicted octanol–water partition coefficient (Wildman–Crippen LogP) is 3.44. The van der Waals surface area contributed by atoms with E-state index in [1.165, 1.54) is 0 Å². The van der Waals surface area contributed by atoms with Crippen molar-refractivity contribution in [2.45, 2.75) is 33.1 Å². The Morgan fingerprint density at radius 2 is 1.24 bits per heavy atom. The molecule has 0 saturated heterocycles. The molecule has 2 rings (SSSR count). The Balaban J connectivity index is 0.000000335. The van der Waals surface area contributed by atoms with Gasteiger partial charge in [0.1, 0.15) is 46.3 Å². The van der Waals surface area contributed by atoms with Crippen molar-refractivity contribution in [3.8, 4) is 0 Å². The summed E-state index contributed by atoms with van der Waals surface area (Å²) < 4.78 is 61.8. The number of esters is 2. The number of halogens is 4. The molecule has 0 aliphatic rings. The molecule has 0 spiro atoms. The largest absolute Gasteiger partial charge is 0.466 e. The lowest BCUT2D eigenvalue weighted by molar-refractivity contribution is -0.147. The van der Waals surface area contributed by atoms with Gasteiger partial charge in [0, 0.05) is 0 Å². The lowest BCUT2D eigenvalue weighted by Gasteiger charge is -2.13. The third kappa shape index (κ3) is 7.78. The molecule has 1 unspecified atom stereocenters. The number of hydrogen-bond acceptors (Lipinski definition) is 7. The molecule has 4 N–H and O–H groups in total. The summed E-state index contributed by atoms with van der Waals surface area (Å²) in [5.74, 6) is -7.02. The van der Waals surface area contributed by atoms with Gasteiger partial charge in [-0.25, -0.2) is 17.6 Å². The monoisotopic (exact) mass is 472 g/mol. The minimum absolute atomic E-state index is 0.0720. The zero-order valence-corrected chi connectivity index (χ0v) is 18.2. The van der Waals surface area contributed by atoms with Crippen LogP contribution < -0.4 is 11.5 Å². The predicted molar refractivity (Wildman–Crippen MR) is 112 cm³/mol. The highest BCUT2D eigenvalue weighted by molar-refractivity contribution is 6.03. The zero-order chi connectivity index (χ0) is 25.3. The zero-order valence-electron chi connectivity index (χ0n) is 18.2. The van der Waals surface area contributed by atoms with Crippen molar-refractivity contribution in [1.29, 1.82) is 0 Å². The number of nitrogens with two attached hydrogens (primary N) is 2. The average molecular weight is 472 g/mol. The Bertz CT molecular complexity index is 984. The smallest absolute Gasteiger partial charge is 0.320 e. The fraction of sp³-hybridized carbons (Fsp3) is 0.318. The summed E-state index contributed by atoms with van der Waals surface area (Å²) in [5, 5.41) is 0. The van der Waals surface area contributed by atoms with Crippen LogP contribution in [0.1, 0.15) is 37.8 Å². The van der Waals surface area contributed by atoms with Gasteiger partial charge in [0.25, 0.3) is 0 Å². The molecule has 33 heavy (non-hydrogen) atoms. The van der Waals surface area contributed by atoms with Gasteiger partial charge in [0.2, 0.25) is 0 Å². The van der Waals surface area contributed by atoms with Crippen molar-refractivity contribution in [1.82, 2.24) is 0 Å². The third-order valence-corrected chi connectivity index (χ3v) is 4.16. The van der Waals surface area contributed by atoms with E-state index in [4.69, 9.17) is 16.2 Å². The van der Waals surface area contributed by atoms with Crippen molar-refractivity contribution in [3.05, 3.63) is 58.7 Å². The molecule has 0 aliphatic carbocycles. The number of hydrogen-bond donors (Lipinski definition) is 2. The topological polar surface area (TPSA) is 122 Å². The van der Waals surface area contributed by atoms with E-state index in [9.17, 15) is 31.9 Å². The normalized spacial score (nSPS) is 11.1. The number of anilines is 2. The SMILES string of the molecule is CCOC(=O)C(C(C)=O)c1cc(F)c(N)c(F)c1.CCOC(=O)Cc1cc(F)c(N)c(F)c1. The fourth-order valence-corrected chi connectivity index (χ4v) is 2.65. The molecule has 11 heteroatoms. The Labute approximate surface area is 187 Å². The molecule has 2 aromatic rings. The molecule has 0 saturated carbocycles. The van der Waals surface area contributed by atoms with Crippen LogP contribution in [0.4, 0.5) is 28.9 Å². The molecular formula is C22H24F4N2O5. The van der Waals surface area contributed by atoms with Gasteiger partial charge >= 0.3 is 11.9 Å². The first-order valence-electron chi connectivity index (χ1n) is 9.73. The van der Waals surface area contributed by atoms with E-state index in [0.29, 0.717) is 0 Å². The Morgan fingerprint density at radius 1 is 0.818 bits per heavy atom. The van der Waals surface area contributed by atoms with Gasteiger partial charge in [0.15, 0.2) is 0 Å². The maximum atomic E-state index is 13.3. The van der Waals surface area contributed by atoms with Gasteiger partial charge in [-0.3, -0.25) is 14.4 Å². The van der Waals surface area contributed by atoms with Gasteiger partial charge in [-0.05, 0) is 56.2 Å². The van der Waals surface area contributed by atoms with Gasteiger partial charge in [0.05, 0.1) is 19.6 Å². The third-order valence-electron chi connectivity index (χ3n) is 4.16. The number of Topliss-reactive ketones (excluding diaryl/α,β-unsaturated/α-hetero) is 1. The summed E-state index contributed by atoms with van der Waals surface area (Å²) in [7, 11) is 0. The van der Waals surface area contributed by atoms with E-state index in [1.54, 1.807) is 13.8 Å². The minimum atomic E-state index is -1.34. The fourth-order valence-electron chi connectivity index (χ4n) is 2.65. The van der Waals surface area contributed by atoms with E-state index < -0.39 is 58.3 Å². The van der Waals surface area contributed by atoms with Crippen LogP contribution in [0, 0.1) is 23.3 Å². The Kier molecular flexibility index (Phi) is 10.3. The van der Waals surface area contributed by atoms with E-state index in [2.05, 4.69) is 4.74 Å². The molecule has 7 nitrogen and oxygen atoms in total. The van der Waals surface area contributed by atoms with Gasteiger partial charge in [-0.15, -0.1) is 0 Å². The maximum absolute atomic E-state index is 13.3. The molecule has 0 heterocycles. The van der Waals surface area contributed by atoms with Crippen molar-refractivity contribution in [3.63, 3.8) is 0 Å². The van der Waals surface area contributed by atoms with Crippen LogP contribution in [-0.2, 0) is 30.3 Å². The van der Waals surface area contributed by atoms with Crippen molar-refractivity contribution in [2.24, 2.45) is 0 Å². The lowest BCUT2D eigenvalue weighted by atomic mass is 9.95. The number of nitrogen functional groups attached to an aromatic ring is 2. The lowest BCUT2D eigenvalue weighted by Crippen LogP contribution is -2.22. The summed E-state index contributed by atoms with van der Waals surface area (Å²) >= 11 is 0. The molecule has 2 aromatic carbocycles. The van der Waals surface area contributed by atoms with Gasteiger partial charge < -0.3 is 20.9 Å². The molecule has 1 atom stereocenters. The summed E-state index contributed by atoms with van der Waals surface area (Å²) in [6.45, 7) is 4.68. The average Bonchev–Trinajstić information content (AvgIpc) is 2.70. The molecule has 0 aromatic heterocycles. The van der Waals surface area contributed by atoms with Gasteiger partial charge in [-0.1, -0.05) is 0 Å². The first-order valence-corrected chi connectivity index (χ1v) is 9.73. The van der Waals surface area contributed by atoms with Crippen LogP contribution in [0.2, 0.25) is 0 Å². The highest BCUT2D eigenvalue weighted by Crippen LogP contribution is 2.25. The van der Waals surface area contributed by atoms with E-state index in [1.807, 2.05) is 0 Å². The number of rotatable bonds is 7. The molecule has 0 fully saturated rings. The quantitative estimate of drug-likeness (QED) is 0.274. The number of ketones is 1. The first kappa shape index (κ1) is 27.4. The number of benzene rings is 2. The standard InChI is InChI=1S/C12H13F2NO3.C10H11F2NO2/c1-3-18-12(17)10(6(2)16)7-4-8(13)11(15)9(14)5-7;1-2-15-9(14)5-6-3-7(11)10(13)8(12)4-6/h4-5,10H,3,15H2,1-2H3;3-4H,2,5,13H2,1H3. The van der Waals surface area contributed by atoms with Crippen molar-refractivity contribution in [2.75, 3.05) is 24.7 Å². The summed E-state index contributed by atoms with van der Waals surface area (Å²) in [6.07, 6.45) is -0.165. The van der Waals surface area contributed by atoms with Crippen LogP contribution in [0.3, 0.4) is 0 Å². The highest BCUT2D eigenvalue weighted by Gasteiger charge is 2.28. The maximum Gasteiger partial charge on any atom is 0.320 e. The van der Waals surface area contributed by atoms with Crippen LogP contribution in [0.25, 0.3) is 0 Å². The van der Waals surface area contributed by atoms with Crippen molar-refractivity contribution >= 4 is 29.1 Å². The van der Waals surface area contributed by atoms with Crippen LogP contribution in [-0.4, -0.2) is 30.9 Å². The Hall–Kier alpha value is -3.63. The second-order valence-corrected chi connectivity index (χ2v) is 6.65. The van der Waals surface area contributed by atoms with Crippen LogP contribution in [0.5, 0.6) is 0 Å². The van der Waals surface area contributed by atoms with Crippen LogP contribution in [0.15, 0.2) is 24.3 Å².